The Morgan fingerprint density at radius 1 is 0.966 bits per heavy atom. The highest BCUT2D eigenvalue weighted by atomic mass is 32.2. The molecule has 2 aromatic rings. The van der Waals surface area contributed by atoms with Crippen molar-refractivity contribution >= 4 is 33.2 Å². The lowest BCUT2D eigenvalue weighted by Gasteiger charge is -2.17. The van der Waals surface area contributed by atoms with Gasteiger partial charge in [0.05, 0.1) is 16.5 Å². The van der Waals surface area contributed by atoms with Crippen LogP contribution in [0.5, 0.6) is 0 Å². The van der Waals surface area contributed by atoms with Crippen LogP contribution in [0.3, 0.4) is 0 Å². The number of anilines is 2. The topological polar surface area (TPSA) is 104 Å². The molecule has 0 aliphatic carbocycles. The Labute approximate surface area is 165 Å². The summed E-state index contributed by atoms with van der Waals surface area (Å²) in [6.45, 7) is 2.50. The third-order valence-corrected chi connectivity index (χ3v) is 5.26. The maximum atomic E-state index is 13.1. The van der Waals surface area contributed by atoms with Gasteiger partial charge in [0.15, 0.2) is 0 Å². The van der Waals surface area contributed by atoms with E-state index >= 15 is 0 Å². The molecular formula is C18H18F3N3O4S. The molecule has 7 nitrogen and oxygen atoms in total. The van der Waals surface area contributed by atoms with Crippen molar-refractivity contribution in [3.05, 3.63) is 54.1 Å². The van der Waals surface area contributed by atoms with Crippen LogP contribution in [0, 0.1) is 0 Å². The van der Waals surface area contributed by atoms with Crippen molar-refractivity contribution in [3.63, 3.8) is 0 Å². The van der Waals surface area contributed by atoms with Crippen LogP contribution in [-0.2, 0) is 25.8 Å². The SMILES string of the molecule is CC(=O)Nc1cccc(NC(=O)C(C)NS(=O)(=O)c2ccccc2C(F)(F)F)c1. The number of carbonyl (C=O) groups is 2. The fraction of sp³-hybridized carbons (Fsp3) is 0.222. The molecule has 2 amide bonds. The van der Waals surface area contributed by atoms with Gasteiger partial charge in [-0.2, -0.15) is 17.9 Å². The van der Waals surface area contributed by atoms with Gasteiger partial charge < -0.3 is 10.6 Å². The van der Waals surface area contributed by atoms with Crippen LogP contribution in [-0.4, -0.2) is 26.3 Å². The molecule has 0 radical (unpaired) electrons. The van der Waals surface area contributed by atoms with E-state index in [0.29, 0.717) is 11.8 Å². The zero-order chi connectivity index (χ0) is 21.8. The first-order valence-electron chi connectivity index (χ1n) is 8.27. The van der Waals surface area contributed by atoms with Crippen molar-refractivity contribution in [2.75, 3.05) is 10.6 Å². The predicted molar refractivity (Wildman–Crippen MR) is 101 cm³/mol. The number of sulfonamides is 1. The number of carbonyl (C=O) groups excluding carboxylic acids is 2. The average molecular weight is 429 g/mol. The Kier molecular flexibility index (Phi) is 6.65. The molecule has 0 aliphatic rings. The third kappa shape index (κ3) is 6.03. The Morgan fingerprint density at radius 2 is 1.55 bits per heavy atom. The van der Waals surface area contributed by atoms with Gasteiger partial charge in [0, 0.05) is 18.3 Å². The molecule has 1 unspecified atom stereocenters. The summed E-state index contributed by atoms with van der Waals surface area (Å²) in [4.78, 5) is 22.4. The minimum Gasteiger partial charge on any atom is -0.326 e. The molecule has 0 aliphatic heterocycles. The number of nitrogens with one attached hydrogen (secondary N) is 3. The fourth-order valence-corrected chi connectivity index (χ4v) is 3.84. The summed E-state index contributed by atoms with van der Waals surface area (Å²) >= 11 is 0. The van der Waals surface area contributed by atoms with Gasteiger partial charge in [0.2, 0.25) is 21.8 Å². The molecule has 0 saturated carbocycles. The number of hydrogen-bond acceptors (Lipinski definition) is 4. The number of halogens is 3. The molecule has 3 N–H and O–H groups in total. The summed E-state index contributed by atoms with van der Waals surface area (Å²) in [6.07, 6.45) is -4.87. The van der Waals surface area contributed by atoms with E-state index in [0.717, 1.165) is 18.2 Å². The second-order valence-corrected chi connectivity index (χ2v) is 7.77. The van der Waals surface area contributed by atoms with Crippen LogP contribution < -0.4 is 15.4 Å². The van der Waals surface area contributed by atoms with Crippen LogP contribution in [0.1, 0.15) is 19.4 Å². The van der Waals surface area contributed by atoms with E-state index in [1.54, 1.807) is 12.1 Å². The van der Waals surface area contributed by atoms with Gasteiger partial charge >= 0.3 is 6.18 Å². The molecule has 2 aromatic carbocycles. The van der Waals surface area contributed by atoms with Crippen molar-refractivity contribution < 1.29 is 31.2 Å². The summed E-state index contributed by atoms with van der Waals surface area (Å²) in [5.74, 6) is -1.11. The molecule has 1 atom stereocenters. The smallest absolute Gasteiger partial charge is 0.326 e. The quantitative estimate of drug-likeness (QED) is 0.657. The van der Waals surface area contributed by atoms with Crippen molar-refractivity contribution in [1.29, 1.82) is 0 Å². The summed E-state index contributed by atoms with van der Waals surface area (Å²) in [5.41, 5.74) is -0.659. The van der Waals surface area contributed by atoms with Crippen molar-refractivity contribution in [3.8, 4) is 0 Å². The highest BCUT2D eigenvalue weighted by molar-refractivity contribution is 7.89. The number of amides is 2. The highest BCUT2D eigenvalue weighted by Crippen LogP contribution is 2.33. The lowest BCUT2D eigenvalue weighted by molar-refractivity contribution is -0.139. The maximum absolute atomic E-state index is 13.1. The van der Waals surface area contributed by atoms with E-state index in [1.807, 2.05) is 4.72 Å². The zero-order valence-corrected chi connectivity index (χ0v) is 16.2. The predicted octanol–water partition coefficient (Wildman–Crippen LogP) is 2.97. The van der Waals surface area contributed by atoms with Crippen LogP contribution >= 0.6 is 0 Å². The van der Waals surface area contributed by atoms with E-state index < -0.39 is 38.6 Å². The van der Waals surface area contributed by atoms with Crippen molar-refractivity contribution in [1.82, 2.24) is 4.72 Å². The summed E-state index contributed by atoms with van der Waals surface area (Å²) in [6, 6.07) is 8.39. The van der Waals surface area contributed by atoms with Crippen molar-refractivity contribution in [2.45, 2.75) is 31.0 Å². The second kappa shape index (κ2) is 8.62. The van der Waals surface area contributed by atoms with Gasteiger partial charge in [0.25, 0.3) is 0 Å². The van der Waals surface area contributed by atoms with Crippen LogP contribution in [0.2, 0.25) is 0 Å². The first-order valence-corrected chi connectivity index (χ1v) is 9.75. The number of hydrogen-bond donors (Lipinski definition) is 3. The molecule has 0 heterocycles. The minimum atomic E-state index is -4.87. The van der Waals surface area contributed by atoms with Crippen LogP contribution in [0.15, 0.2) is 53.4 Å². The summed E-state index contributed by atoms with van der Waals surface area (Å²) in [7, 11) is -4.62. The van der Waals surface area contributed by atoms with Gasteiger partial charge in [-0.15, -0.1) is 0 Å². The van der Waals surface area contributed by atoms with Gasteiger partial charge in [-0.25, -0.2) is 8.42 Å². The van der Waals surface area contributed by atoms with Crippen LogP contribution in [0.4, 0.5) is 24.5 Å². The summed E-state index contributed by atoms with van der Waals surface area (Å²) < 4.78 is 66.0. The first-order chi connectivity index (χ1) is 13.4. The Balaban J connectivity index is 2.17. The standard InChI is InChI=1S/C18H18F3N3O4S/c1-11(17(26)23-14-7-5-6-13(10-14)22-12(2)25)24-29(27,28)16-9-4-3-8-15(16)18(19,20)21/h3-11,24H,1-2H3,(H,22,25)(H,23,26). The van der Waals surface area contributed by atoms with Gasteiger partial charge in [-0.1, -0.05) is 18.2 Å². The number of alkyl halides is 3. The minimum absolute atomic E-state index is 0.267. The molecule has 0 fully saturated rings. The zero-order valence-electron chi connectivity index (χ0n) is 15.4. The Hall–Kier alpha value is -2.92. The number of rotatable bonds is 6. The van der Waals surface area contributed by atoms with Crippen molar-refractivity contribution in [2.24, 2.45) is 0 Å². The van der Waals surface area contributed by atoms with Gasteiger partial charge in [-0.3, -0.25) is 9.59 Å². The normalized spacial score (nSPS) is 12.9. The van der Waals surface area contributed by atoms with Crippen LogP contribution in [0.25, 0.3) is 0 Å². The lowest BCUT2D eigenvalue weighted by Crippen LogP contribution is -2.42. The Bertz CT molecular complexity index is 1020. The van der Waals surface area contributed by atoms with Gasteiger partial charge in [-0.05, 0) is 37.3 Å². The molecule has 156 valence electrons. The molecule has 11 heteroatoms. The monoisotopic (exact) mass is 429 g/mol. The first kappa shape index (κ1) is 22.4. The molecule has 29 heavy (non-hydrogen) atoms. The fourth-order valence-electron chi connectivity index (χ4n) is 2.41. The molecule has 0 bridgehead atoms. The lowest BCUT2D eigenvalue weighted by atomic mass is 10.2. The average Bonchev–Trinajstić information content (AvgIpc) is 2.60. The number of benzene rings is 2. The Morgan fingerprint density at radius 3 is 2.14 bits per heavy atom. The van der Waals surface area contributed by atoms with E-state index in [1.165, 1.54) is 26.0 Å². The largest absolute Gasteiger partial charge is 0.417 e. The molecular weight excluding hydrogens is 411 g/mol. The van der Waals surface area contributed by atoms with E-state index in [2.05, 4.69) is 10.6 Å². The highest BCUT2D eigenvalue weighted by Gasteiger charge is 2.37. The van der Waals surface area contributed by atoms with E-state index in [9.17, 15) is 31.2 Å². The molecule has 2 rings (SSSR count). The van der Waals surface area contributed by atoms with Gasteiger partial charge in [0.1, 0.15) is 0 Å². The maximum Gasteiger partial charge on any atom is 0.417 e. The van der Waals surface area contributed by atoms with E-state index in [-0.39, 0.29) is 11.6 Å². The third-order valence-electron chi connectivity index (χ3n) is 3.66. The molecule has 0 aromatic heterocycles. The van der Waals surface area contributed by atoms with E-state index in [4.69, 9.17) is 0 Å². The summed E-state index contributed by atoms with van der Waals surface area (Å²) in [5, 5.41) is 4.95. The molecule has 0 spiro atoms. The molecule has 0 saturated heterocycles. The second-order valence-electron chi connectivity index (χ2n) is 6.09.